The number of carbonyl (C=O) groups is 2. The van der Waals surface area contributed by atoms with Crippen molar-refractivity contribution >= 4 is 35.0 Å². The molecule has 1 fully saturated rings. The summed E-state index contributed by atoms with van der Waals surface area (Å²) in [6, 6.07) is 19.8. The van der Waals surface area contributed by atoms with Crippen LogP contribution in [0.4, 0.5) is 15.8 Å². The Hall–Kier alpha value is -3.12. The van der Waals surface area contributed by atoms with E-state index in [1.807, 2.05) is 56.3 Å². The monoisotopic (exact) mass is 432 g/mol. The molecule has 2 aliphatic rings. The highest BCUT2D eigenvalue weighted by Gasteiger charge is 2.60. The second kappa shape index (κ2) is 7.24. The molecule has 1 atom stereocenters. The van der Waals surface area contributed by atoms with Gasteiger partial charge in [-0.1, -0.05) is 42.5 Å². The second-order valence-corrected chi connectivity index (χ2v) is 9.10. The molecule has 0 saturated carbocycles. The van der Waals surface area contributed by atoms with E-state index in [0.29, 0.717) is 16.9 Å². The van der Waals surface area contributed by atoms with Gasteiger partial charge in [0.1, 0.15) is 5.82 Å². The number of para-hydroxylation sites is 1. The third-order valence-electron chi connectivity index (χ3n) is 6.10. The maximum atomic E-state index is 14.4. The SMILES string of the molecule is Cc1ccc(N2C(=O)CSC23C(=O)N(Cc2ccccc2F)c2ccccc23)cc1C. The Labute approximate surface area is 184 Å². The molecule has 0 radical (unpaired) electrons. The lowest BCUT2D eigenvalue weighted by Gasteiger charge is -2.33. The van der Waals surface area contributed by atoms with E-state index in [4.69, 9.17) is 0 Å². The molecule has 1 unspecified atom stereocenters. The summed E-state index contributed by atoms with van der Waals surface area (Å²) in [7, 11) is 0. The minimum atomic E-state index is -1.18. The molecule has 0 aromatic heterocycles. The van der Waals surface area contributed by atoms with Gasteiger partial charge in [0.2, 0.25) is 10.8 Å². The molecule has 2 aliphatic heterocycles. The first-order valence-electron chi connectivity index (χ1n) is 10.1. The number of rotatable bonds is 3. The largest absolute Gasteiger partial charge is 0.304 e. The fraction of sp³-hybridized carbons (Fsp3) is 0.200. The molecule has 3 aromatic rings. The summed E-state index contributed by atoms with van der Waals surface area (Å²) in [6.07, 6.45) is 0. The Morgan fingerprint density at radius 3 is 2.48 bits per heavy atom. The number of amides is 2. The smallest absolute Gasteiger partial charge is 0.269 e. The van der Waals surface area contributed by atoms with Gasteiger partial charge >= 0.3 is 0 Å². The van der Waals surface area contributed by atoms with E-state index in [0.717, 1.165) is 16.7 Å². The molecule has 6 heteroatoms. The van der Waals surface area contributed by atoms with E-state index >= 15 is 0 Å². The fourth-order valence-electron chi connectivity index (χ4n) is 4.37. The fourth-order valence-corrected chi connectivity index (χ4v) is 5.73. The Kier molecular flexibility index (Phi) is 4.63. The van der Waals surface area contributed by atoms with Crippen LogP contribution in [0, 0.1) is 19.7 Å². The lowest BCUT2D eigenvalue weighted by atomic mass is 10.0. The van der Waals surface area contributed by atoms with Crippen LogP contribution in [0.25, 0.3) is 0 Å². The highest BCUT2D eigenvalue weighted by atomic mass is 32.2. The highest BCUT2D eigenvalue weighted by Crippen LogP contribution is 2.56. The van der Waals surface area contributed by atoms with Crippen molar-refractivity contribution in [2.75, 3.05) is 15.6 Å². The minimum Gasteiger partial charge on any atom is -0.304 e. The van der Waals surface area contributed by atoms with E-state index in [9.17, 15) is 14.0 Å². The number of benzene rings is 3. The number of hydrogen-bond acceptors (Lipinski definition) is 3. The summed E-state index contributed by atoms with van der Waals surface area (Å²) in [4.78, 5) is 29.1. The van der Waals surface area contributed by atoms with Crippen LogP contribution in [0.5, 0.6) is 0 Å². The van der Waals surface area contributed by atoms with Crippen molar-refractivity contribution in [1.82, 2.24) is 0 Å². The van der Waals surface area contributed by atoms with Crippen LogP contribution in [0.1, 0.15) is 22.3 Å². The first-order chi connectivity index (χ1) is 14.9. The zero-order valence-electron chi connectivity index (χ0n) is 17.3. The molecule has 2 amide bonds. The van der Waals surface area contributed by atoms with E-state index in [1.165, 1.54) is 17.8 Å². The topological polar surface area (TPSA) is 40.6 Å². The standard InChI is InChI=1S/C25H21FN2O2S/c1-16-11-12-19(13-17(16)2)28-23(29)15-31-25(28)20-8-4-6-10-22(20)27(24(25)30)14-18-7-3-5-9-21(18)26/h3-13H,14-15H2,1-2H3. The van der Waals surface area contributed by atoms with Crippen LogP contribution >= 0.6 is 11.8 Å². The van der Waals surface area contributed by atoms with Gasteiger partial charge in [-0.05, 0) is 49.2 Å². The van der Waals surface area contributed by atoms with Gasteiger partial charge < -0.3 is 4.90 Å². The van der Waals surface area contributed by atoms with Crippen molar-refractivity contribution in [2.24, 2.45) is 0 Å². The van der Waals surface area contributed by atoms with Crippen LogP contribution in [0.2, 0.25) is 0 Å². The summed E-state index contributed by atoms with van der Waals surface area (Å²) < 4.78 is 14.4. The zero-order valence-corrected chi connectivity index (χ0v) is 18.1. The number of halogens is 1. The molecule has 2 heterocycles. The third kappa shape index (κ3) is 2.89. The second-order valence-electron chi connectivity index (χ2n) is 7.93. The van der Waals surface area contributed by atoms with Gasteiger partial charge in [-0.2, -0.15) is 0 Å². The number of thioether (sulfide) groups is 1. The van der Waals surface area contributed by atoms with Crippen LogP contribution in [-0.2, 0) is 21.0 Å². The van der Waals surface area contributed by atoms with Crippen molar-refractivity contribution in [2.45, 2.75) is 25.3 Å². The van der Waals surface area contributed by atoms with Crippen LogP contribution in [0.15, 0.2) is 66.7 Å². The van der Waals surface area contributed by atoms with Crippen molar-refractivity contribution < 1.29 is 14.0 Å². The number of carbonyl (C=O) groups excluding carboxylic acids is 2. The molecule has 1 spiro atoms. The predicted molar refractivity (Wildman–Crippen MR) is 122 cm³/mol. The van der Waals surface area contributed by atoms with Crippen molar-refractivity contribution in [1.29, 1.82) is 0 Å². The van der Waals surface area contributed by atoms with Crippen LogP contribution < -0.4 is 9.80 Å². The van der Waals surface area contributed by atoms with E-state index in [2.05, 4.69) is 0 Å². The quantitative estimate of drug-likeness (QED) is 0.590. The van der Waals surface area contributed by atoms with Gasteiger partial charge in [0, 0.05) is 16.8 Å². The molecular weight excluding hydrogens is 411 g/mol. The van der Waals surface area contributed by atoms with Crippen LogP contribution in [-0.4, -0.2) is 17.6 Å². The van der Waals surface area contributed by atoms with E-state index in [-0.39, 0.29) is 29.9 Å². The first kappa shape index (κ1) is 19.8. The lowest BCUT2D eigenvalue weighted by Crippen LogP contribution is -2.49. The number of aryl methyl sites for hydroxylation is 2. The number of nitrogens with zero attached hydrogens (tertiary/aromatic N) is 2. The summed E-state index contributed by atoms with van der Waals surface area (Å²) >= 11 is 1.33. The maximum Gasteiger partial charge on any atom is 0.269 e. The van der Waals surface area contributed by atoms with Crippen molar-refractivity contribution in [3.8, 4) is 0 Å². The normalized spacial score (nSPS) is 20.1. The zero-order chi connectivity index (χ0) is 21.8. The molecule has 156 valence electrons. The van der Waals surface area contributed by atoms with Gasteiger partial charge in [0.25, 0.3) is 5.91 Å². The lowest BCUT2D eigenvalue weighted by molar-refractivity contribution is -0.123. The molecule has 31 heavy (non-hydrogen) atoms. The van der Waals surface area contributed by atoms with Gasteiger partial charge in [-0.25, -0.2) is 4.39 Å². The molecule has 0 aliphatic carbocycles. The molecule has 5 rings (SSSR count). The van der Waals surface area contributed by atoms with Gasteiger partial charge in [-0.3, -0.25) is 14.5 Å². The van der Waals surface area contributed by atoms with Crippen molar-refractivity contribution in [3.63, 3.8) is 0 Å². The Balaban J connectivity index is 1.66. The average Bonchev–Trinajstić information content (AvgIpc) is 3.23. The van der Waals surface area contributed by atoms with Gasteiger partial charge in [0.15, 0.2) is 0 Å². The predicted octanol–water partition coefficient (Wildman–Crippen LogP) is 4.92. The minimum absolute atomic E-state index is 0.107. The Morgan fingerprint density at radius 2 is 1.71 bits per heavy atom. The third-order valence-corrected chi connectivity index (χ3v) is 7.48. The number of anilines is 2. The average molecular weight is 433 g/mol. The highest BCUT2D eigenvalue weighted by molar-refractivity contribution is 8.02. The molecule has 0 N–H and O–H groups in total. The molecule has 1 saturated heterocycles. The Bertz CT molecular complexity index is 1230. The number of hydrogen-bond donors (Lipinski definition) is 0. The maximum absolute atomic E-state index is 14.4. The first-order valence-corrected chi connectivity index (χ1v) is 11.1. The summed E-state index contributed by atoms with van der Waals surface area (Å²) in [6.45, 7) is 4.12. The van der Waals surface area contributed by atoms with E-state index in [1.54, 1.807) is 28.0 Å². The summed E-state index contributed by atoms with van der Waals surface area (Å²) in [5.74, 6) is -0.467. The van der Waals surface area contributed by atoms with E-state index < -0.39 is 4.87 Å². The summed E-state index contributed by atoms with van der Waals surface area (Å²) in [5, 5.41) is 0. The van der Waals surface area contributed by atoms with Gasteiger partial charge in [-0.15, -0.1) is 11.8 Å². The number of fused-ring (bicyclic) bond motifs is 2. The molecule has 0 bridgehead atoms. The van der Waals surface area contributed by atoms with Gasteiger partial charge in [0.05, 0.1) is 18.0 Å². The molecular formula is C25H21FN2O2S. The molecule has 3 aromatic carbocycles. The summed E-state index contributed by atoms with van der Waals surface area (Å²) in [5.41, 5.74) is 4.80. The van der Waals surface area contributed by atoms with Crippen molar-refractivity contribution in [3.05, 3.63) is 94.8 Å². The van der Waals surface area contributed by atoms with Crippen LogP contribution in [0.3, 0.4) is 0 Å². The molecule has 4 nitrogen and oxygen atoms in total. The Morgan fingerprint density at radius 1 is 0.968 bits per heavy atom.